The molecule has 88 valence electrons. The summed E-state index contributed by atoms with van der Waals surface area (Å²) < 4.78 is 2.00. The van der Waals surface area contributed by atoms with Gasteiger partial charge in [0.1, 0.15) is 5.65 Å². The number of aromatic nitrogens is 2. The molecule has 2 heterocycles. The predicted octanol–water partition coefficient (Wildman–Crippen LogP) is 2.75. The van der Waals surface area contributed by atoms with Crippen LogP contribution >= 0.6 is 11.6 Å². The molecule has 17 heavy (non-hydrogen) atoms. The predicted molar refractivity (Wildman–Crippen MR) is 70.3 cm³/mol. The summed E-state index contributed by atoms with van der Waals surface area (Å²) in [5, 5.41) is 3.98. The van der Waals surface area contributed by atoms with Crippen LogP contribution in [-0.2, 0) is 0 Å². The van der Waals surface area contributed by atoms with Crippen molar-refractivity contribution in [1.82, 2.24) is 14.7 Å². The van der Waals surface area contributed by atoms with Gasteiger partial charge in [0.05, 0.1) is 5.69 Å². The molecule has 0 spiro atoms. The molecule has 0 saturated heterocycles. The summed E-state index contributed by atoms with van der Waals surface area (Å²) in [6, 6.07) is 6.62. The van der Waals surface area contributed by atoms with Crippen LogP contribution in [0.5, 0.6) is 0 Å². The van der Waals surface area contributed by atoms with Crippen LogP contribution in [0.2, 0.25) is 5.15 Å². The Bertz CT molecular complexity index is 555. The van der Waals surface area contributed by atoms with E-state index in [9.17, 15) is 0 Å². The highest BCUT2D eigenvalue weighted by atomic mass is 35.5. The largest absolute Gasteiger partial charge is 0.311 e. The number of pyridine rings is 1. The normalized spacial score (nSPS) is 16.1. The monoisotopic (exact) mass is 247 g/mol. The van der Waals surface area contributed by atoms with Crippen molar-refractivity contribution in [3.05, 3.63) is 41.3 Å². The molecule has 0 amide bonds. The summed E-state index contributed by atoms with van der Waals surface area (Å²) in [5.41, 5.74) is 1.83. The Morgan fingerprint density at radius 2 is 2.35 bits per heavy atom. The molecule has 0 atom stereocenters. The zero-order chi connectivity index (χ0) is 11.7. The number of hydrogen-bond donors (Lipinski definition) is 1. The third-order valence-electron chi connectivity index (χ3n) is 2.90. The smallest absolute Gasteiger partial charge is 0.155 e. The molecule has 4 heteroatoms. The Hall–Kier alpha value is -1.32. The van der Waals surface area contributed by atoms with E-state index in [-0.39, 0.29) is 0 Å². The van der Waals surface area contributed by atoms with Crippen LogP contribution in [0.1, 0.15) is 18.5 Å². The van der Waals surface area contributed by atoms with E-state index in [0.29, 0.717) is 5.15 Å². The SMILES string of the molecule is Clc1nc2ccccn2c1C=CCNC1CC1. The fourth-order valence-electron chi connectivity index (χ4n) is 1.83. The van der Waals surface area contributed by atoms with Crippen LogP contribution in [0.25, 0.3) is 11.7 Å². The maximum absolute atomic E-state index is 6.12. The van der Waals surface area contributed by atoms with E-state index in [1.807, 2.05) is 34.9 Å². The van der Waals surface area contributed by atoms with Crippen LogP contribution in [0.4, 0.5) is 0 Å². The average Bonchev–Trinajstić information content (AvgIpc) is 3.09. The number of imidazole rings is 1. The molecule has 1 fully saturated rings. The summed E-state index contributed by atoms with van der Waals surface area (Å²) in [5.74, 6) is 0. The molecule has 1 N–H and O–H groups in total. The maximum Gasteiger partial charge on any atom is 0.155 e. The summed E-state index contributed by atoms with van der Waals surface area (Å²) in [7, 11) is 0. The van der Waals surface area contributed by atoms with Gasteiger partial charge in [-0.3, -0.25) is 4.40 Å². The van der Waals surface area contributed by atoms with Gasteiger partial charge in [0.25, 0.3) is 0 Å². The molecule has 0 aromatic carbocycles. The molecule has 1 aliphatic carbocycles. The van der Waals surface area contributed by atoms with E-state index < -0.39 is 0 Å². The van der Waals surface area contributed by atoms with Crippen molar-refractivity contribution >= 4 is 23.3 Å². The minimum Gasteiger partial charge on any atom is -0.311 e. The van der Waals surface area contributed by atoms with Crippen molar-refractivity contribution < 1.29 is 0 Å². The molecule has 2 aromatic heterocycles. The number of nitrogens with one attached hydrogen (secondary N) is 1. The highest BCUT2D eigenvalue weighted by Gasteiger charge is 2.19. The van der Waals surface area contributed by atoms with Crippen molar-refractivity contribution in [2.24, 2.45) is 0 Å². The molecule has 0 unspecified atom stereocenters. The molecule has 0 bridgehead atoms. The Morgan fingerprint density at radius 3 is 3.18 bits per heavy atom. The molecule has 1 saturated carbocycles. The Kier molecular flexibility index (Phi) is 2.87. The van der Waals surface area contributed by atoms with Gasteiger partial charge in [0.2, 0.25) is 0 Å². The molecule has 2 aromatic rings. The third-order valence-corrected chi connectivity index (χ3v) is 3.18. The van der Waals surface area contributed by atoms with Crippen LogP contribution in [0.15, 0.2) is 30.5 Å². The molecular formula is C13H14ClN3. The fourth-order valence-corrected chi connectivity index (χ4v) is 2.07. The second kappa shape index (κ2) is 4.51. The Balaban J connectivity index is 1.80. The summed E-state index contributed by atoms with van der Waals surface area (Å²) in [4.78, 5) is 4.30. The quantitative estimate of drug-likeness (QED) is 0.900. The van der Waals surface area contributed by atoms with Gasteiger partial charge in [-0.15, -0.1) is 0 Å². The number of nitrogens with zero attached hydrogens (tertiary/aromatic N) is 2. The van der Waals surface area contributed by atoms with Gasteiger partial charge in [0.15, 0.2) is 5.15 Å². The van der Waals surface area contributed by atoms with E-state index in [4.69, 9.17) is 11.6 Å². The minimum atomic E-state index is 0.555. The lowest BCUT2D eigenvalue weighted by Gasteiger charge is -1.97. The van der Waals surface area contributed by atoms with Crippen LogP contribution in [-0.4, -0.2) is 22.0 Å². The average molecular weight is 248 g/mol. The summed E-state index contributed by atoms with van der Waals surface area (Å²) in [6.45, 7) is 0.890. The molecule has 1 aliphatic rings. The van der Waals surface area contributed by atoms with Crippen LogP contribution < -0.4 is 5.32 Å². The van der Waals surface area contributed by atoms with E-state index in [1.165, 1.54) is 12.8 Å². The zero-order valence-electron chi connectivity index (χ0n) is 9.44. The van der Waals surface area contributed by atoms with Crippen LogP contribution in [0, 0.1) is 0 Å². The van der Waals surface area contributed by atoms with E-state index >= 15 is 0 Å². The molecular weight excluding hydrogens is 234 g/mol. The first-order valence-electron chi connectivity index (χ1n) is 5.87. The first-order valence-corrected chi connectivity index (χ1v) is 6.25. The number of rotatable bonds is 4. The molecule has 0 radical (unpaired) electrons. The lowest BCUT2D eigenvalue weighted by atomic mass is 10.4. The number of hydrogen-bond acceptors (Lipinski definition) is 2. The van der Waals surface area contributed by atoms with Gasteiger partial charge >= 0.3 is 0 Å². The Labute approximate surface area is 105 Å². The van der Waals surface area contributed by atoms with Crippen molar-refractivity contribution in [2.45, 2.75) is 18.9 Å². The number of fused-ring (bicyclic) bond motifs is 1. The molecule has 3 rings (SSSR count). The minimum absolute atomic E-state index is 0.555. The first kappa shape index (κ1) is 10.8. The Morgan fingerprint density at radius 1 is 1.47 bits per heavy atom. The van der Waals surface area contributed by atoms with E-state index in [0.717, 1.165) is 23.9 Å². The van der Waals surface area contributed by atoms with Gasteiger partial charge in [0, 0.05) is 18.8 Å². The highest BCUT2D eigenvalue weighted by Crippen LogP contribution is 2.20. The van der Waals surface area contributed by atoms with Crippen molar-refractivity contribution in [2.75, 3.05) is 6.54 Å². The van der Waals surface area contributed by atoms with Gasteiger partial charge in [-0.1, -0.05) is 23.7 Å². The third kappa shape index (κ3) is 2.35. The summed E-state index contributed by atoms with van der Waals surface area (Å²) in [6.07, 6.45) is 8.72. The second-order valence-corrected chi connectivity index (χ2v) is 4.66. The standard InChI is InChI=1S/C13H14ClN3/c14-13-11(4-3-8-15-10-6-7-10)17-9-2-1-5-12(17)16-13/h1-5,9-10,15H,6-8H2. The topological polar surface area (TPSA) is 29.3 Å². The van der Waals surface area contributed by atoms with Gasteiger partial charge in [-0.25, -0.2) is 4.98 Å². The lowest BCUT2D eigenvalue weighted by molar-refractivity contribution is 0.754. The van der Waals surface area contributed by atoms with Crippen molar-refractivity contribution in [1.29, 1.82) is 0 Å². The van der Waals surface area contributed by atoms with E-state index in [1.54, 1.807) is 0 Å². The molecule has 3 nitrogen and oxygen atoms in total. The first-order chi connectivity index (χ1) is 8.34. The second-order valence-electron chi connectivity index (χ2n) is 4.30. The van der Waals surface area contributed by atoms with Crippen LogP contribution in [0.3, 0.4) is 0 Å². The van der Waals surface area contributed by atoms with Gasteiger partial charge in [-0.2, -0.15) is 0 Å². The summed E-state index contributed by atoms with van der Waals surface area (Å²) >= 11 is 6.12. The lowest BCUT2D eigenvalue weighted by Crippen LogP contribution is -2.15. The van der Waals surface area contributed by atoms with Crippen molar-refractivity contribution in [3.8, 4) is 0 Å². The zero-order valence-corrected chi connectivity index (χ0v) is 10.2. The fraction of sp³-hybridized carbons (Fsp3) is 0.308. The van der Waals surface area contributed by atoms with E-state index in [2.05, 4.69) is 16.4 Å². The highest BCUT2D eigenvalue weighted by molar-refractivity contribution is 6.31. The number of halogens is 1. The van der Waals surface area contributed by atoms with Gasteiger partial charge in [-0.05, 0) is 31.1 Å². The van der Waals surface area contributed by atoms with Gasteiger partial charge < -0.3 is 5.32 Å². The van der Waals surface area contributed by atoms with Crippen molar-refractivity contribution in [3.63, 3.8) is 0 Å². The maximum atomic E-state index is 6.12. The molecule has 0 aliphatic heterocycles.